The molecule has 1 N–H and O–H groups in total. The highest BCUT2D eigenvalue weighted by molar-refractivity contribution is 6.34. The van der Waals surface area contributed by atoms with E-state index in [1.165, 1.54) is 0 Å². The van der Waals surface area contributed by atoms with Crippen molar-refractivity contribution in [2.45, 2.75) is 0 Å². The number of nitrogens with zero attached hydrogens (tertiary/aromatic N) is 3. The third-order valence-corrected chi connectivity index (χ3v) is 4.14. The first-order chi connectivity index (χ1) is 12.2. The zero-order chi connectivity index (χ0) is 17.2. The summed E-state index contributed by atoms with van der Waals surface area (Å²) < 4.78 is 1.90. The number of rotatable bonds is 3. The highest BCUT2D eigenvalue weighted by Crippen LogP contribution is 2.23. The fourth-order valence-corrected chi connectivity index (χ4v) is 2.84. The maximum Gasteiger partial charge on any atom is 0.257 e. The molecule has 0 aliphatic heterocycles. The molecule has 0 unspecified atom stereocenters. The molecule has 0 bridgehead atoms. The first-order valence-electron chi connectivity index (χ1n) is 7.68. The minimum atomic E-state index is -0.256. The van der Waals surface area contributed by atoms with Crippen molar-refractivity contribution in [3.63, 3.8) is 0 Å². The van der Waals surface area contributed by atoms with Gasteiger partial charge in [0.05, 0.1) is 10.6 Å². The summed E-state index contributed by atoms with van der Waals surface area (Å²) in [6.45, 7) is 0. The second kappa shape index (κ2) is 6.37. The van der Waals surface area contributed by atoms with E-state index in [-0.39, 0.29) is 5.91 Å². The first-order valence-corrected chi connectivity index (χ1v) is 8.06. The van der Waals surface area contributed by atoms with Crippen molar-refractivity contribution in [1.29, 1.82) is 0 Å². The Hall–Kier alpha value is -3.18. The third-order valence-electron chi connectivity index (χ3n) is 3.81. The highest BCUT2D eigenvalue weighted by Gasteiger charge is 2.12. The maximum absolute atomic E-state index is 12.4. The number of fused-ring (bicyclic) bond motifs is 1. The van der Waals surface area contributed by atoms with Crippen LogP contribution in [0.5, 0.6) is 0 Å². The molecule has 4 rings (SSSR count). The lowest BCUT2D eigenvalue weighted by molar-refractivity contribution is 0.102. The monoisotopic (exact) mass is 348 g/mol. The molecule has 1 amide bonds. The average molecular weight is 349 g/mol. The van der Waals surface area contributed by atoms with Crippen molar-refractivity contribution in [3.05, 3.63) is 83.5 Å². The molecule has 4 aromatic rings. The Labute approximate surface area is 148 Å². The third kappa shape index (κ3) is 2.97. The van der Waals surface area contributed by atoms with Crippen molar-refractivity contribution in [2.75, 3.05) is 5.32 Å². The van der Waals surface area contributed by atoms with Crippen LogP contribution in [0.2, 0.25) is 5.02 Å². The van der Waals surface area contributed by atoms with Crippen LogP contribution < -0.4 is 5.32 Å². The lowest BCUT2D eigenvalue weighted by Crippen LogP contribution is -2.12. The zero-order valence-electron chi connectivity index (χ0n) is 13.1. The van der Waals surface area contributed by atoms with E-state index < -0.39 is 0 Å². The number of carbonyl (C=O) groups excluding carboxylic acids is 1. The second-order valence-corrected chi connectivity index (χ2v) is 5.87. The van der Waals surface area contributed by atoms with Crippen molar-refractivity contribution in [3.8, 4) is 11.4 Å². The predicted octanol–water partition coefficient (Wildman–Crippen LogP) is 4.30. The molecule has 2 heterocycles. The van der Waals surface area contributed by atoms with Crippen LogP contribution in [0.3, 0.4) is 0 Å². The molecule has 6 heteroatoms. The highest BCUT2D eigenvalue weighted by atomic mass is 35.5. The fraction of sp³-hybridized carbons (Fsp3) is 0. The number of nitrogens with one attached hydrogen (secondary N) is 1. The number of hydrogen-bond donors (Lipinski definition) is 1. The molecule has 0 radical (unpaired) electrons. The molecule has 0 atom stereocenters. The Morgan fingerprint density at radius 2 is 1.80 bits per heavy atom. The number of anilines is 1. The van der Waals surface area contributed by atoms with Crippen molar-refractivity contribution >= 4 is 28.8 Å². The number of halogens is 1. The average Bonchev–Trinajstić information content (AvgIpc) is 3.06. The number of amides is 1. The molecule has 0 aliphatic carbocycles. The van der Waals surface area contributed by atoms with E-state index >= 15 is 0 Å². The molecule has 0 spiro atoms. The van der Waals surface area contributed by atoms with Crippen LogP contribution in [0.4, 0.5) is 5.69 Å². The van der Waals surface area contributed by atoms with Crippen LogP contribution in [0.15, 0.2) is 72.9 Å². The van der Waals surface area contributed by atoms with E-state index in [1.807, 2.05) is 53.1 Å². The van der Waals surface area contributed by atoms with Gasteiger partial charge in [0.15, 0.2) is 11.5 Å². The molecule has 5 nitrogen and oxygen atoms in total. The molecule has 2 aromatic heterocycles. The number of aromatic nitrogens is 3. The largest absolute Gasteiger partial charge is 0.322 e. The number of hydrogen-bond acceptors (Lipinski definition) is 3. The van der Waals surface area contributed by atoms with Crippen LogP contribution in [-0.2, 0) is 0 Å². The fourth-order valence-electron chi connectivity index (χ4n) is 2.62. The van der Waals surface area contributed by atoms with E-state index in [0.29, 0.717) is 22.1 Å². The smallest absolute Gasteiger partial charge is 0.257 e. The summed E-state index contributed by atoms with van der Waals surface area (Å²) in [6.07, 6.45) is 1.90. The zero-order valence-corrected chi connectivity index (χ0v) is 13.8. The van der Waals surface area contributed by atoms with Crippen LogP contribution in [-0.4, -0.2) is 20.5 Å². The topological polar surface area (TPSA) is 59.3 Å². The summed E-state index contributed by atoms with van der Waals surface area (Å²) in [7, 11) is 0. The molecule has 0 aliphatic rings. The molecule has 122 valence electrons. The summed E-state index contributed by atoms with van der Waals surface area (Å²) in [5.41, 5.74) is 2.72. The van der Waals surface area contributed by atoms with Gasteiger partial charge in [-0.15, -0.1) is 10.2 Å². The summed E-state index contributed by atoms with van der Waals surface area (Å²) in [6, 6.07) is 20.1. The molecule has 0 fully saturated rings. The summed E-state index contributed by atoms with van der Waals surface area (Å²) in [5.74, 6) is 0.457. The van der Waals surface area contributed by atoms with Crippen LogP contribution in [0, 0.1) is 0 Å². The second-order valence-electron chi connectivity index (χ2n) is 5.47. The maximum atomic E-state index is 12.4. The Kier molecular flexibility index (Phi) is 3.91. The SMILES string of the molecule is O=C(Nc1cccc(-c2nnc3ccccn23)c1)c1ccccc1Cl. The van der Waals surface area contributed by atoms with Gasteiger partial charge in [-0.2, -0.15) is 0 Å². The van der Waals surface area contributed by atoms with Crippen LogP contribution in [0.25, 0.3) is 17.0 Å². The van der Waals surface area contributed by atoms with E-state index in [4.69, 9.17) is 11.6 Å². The van der Waals surface area contributed by atoms with E-state index in [2.05, 4.69) is 15.5 Å². The Bertz CT molecular complexity index is 1070. The van der Waals surface area contributed by atoms with Gasteiger partial charge < -0.3 is 5.32 Å². The lowest BCUT2D eigenvalue weighted by Gasteiger charge is -2.08. The predicted molar refractivity (Wildman–Crippen MR) is 97.8 cm³/mol. The molecule has 0 saturated heterocycles. The van der Waals surface area contributed by atoms with Gasteiger partial charge in [0.1, 0.15) is 0 Å². The van der Waals surface area contributed by atoms with Gasteiger partial charge in [-0.05, 0) is 36.4 Å². The van der Waals surface area contributed by atoms with Gasteiger partial charge in [-0.1, -0.05) is 41.9 Å². The Morgan fingerprint density at radius 3 is 2.68 bits per heavy atom. The normalized spacial score (nSPS) is 10.8. The quantitative estimate of drug-likeness (QED) is 0.600. The molecule has 25 heavy (non-hydrogen) atoms. The minimum absolute atomic E-state index is 0.256. The van der Waals surface area contributed by atoms with Crippen molar-refractivity contribution < 1.29 is 4.79 Å². The van der Waals surface area contributed by atoms with Gasteiger partial charge in [0.2, 0.25) is 0 Å². The van der Waals surface area contributed by atoms with E-state index in [0.717, 1.165) is 11.2 Å². The van der Waals surface area contributed by atoms with E-state index in [1.54, 1.807) is 24.3 Å². The van der Waals surface area contributed by atoms with Crippen LogP contribution in [0.1, 0.15) is 10.4 Å². The van der Waals surface area contributed by atoms with Crippen molar-refractivity contribution in [2.24, 2.45) is 0 Å². The van der Waals surface area contributed by atoms with E-state index in [9.17, 15) is 4.79 Å². The Morgan fingerprint density at radius 1 is 0.960 bits per heavy atom. The van der Waals surface area contributed by atoms with Gasteiger partial charge in [-0.25, -0.2) is 0 Å². The summed E-state index contributed by atoms with van der Waals surface area (Å²) in [5, 5.41) is 11.7. The van der Waals surface area contributed by atoms with Gasteiger partial charge in [0.25, 0.3) is 5.91 Å². The summed E-state index contributed by atoms with van der Waals surface area (Å²) >= 11 is 6.08. The van der Waals surface area contributed by atoms with Gasteiger partial charge in [-0.3, -0.25) is 9.20 Å². The molecular formula is C19H13ClN4O. The molecule has 2 aromatic carbocycles. The minimum Gasteiger partial charge on any atom is -0.322 e. The molecular weight excluding hydrogens is 336 g/mol. The summed E-state index contributed by atoms with van der Waals surface area (Å²) in [4.78, 5) is 12.4. The Balaban J connectivity index is 1.66. The van der Waals surface area contributed by atoms with Gasteiger partial charge >= 0.3 is 0 Å². The lowest BCUT2D eigenvalue weighted by atomic mass is 10.1. The number of benzene rings is 2. The van der Waals surface area contributed by atoms with Gasteiger partial charge in [0, 0.05) is 17.4 Å². The van der Waals surface area contributed by atoms with Crippen molar-refractivity contribution in [1.82, 2.24) is 14.6 Å². The van der Waals surface area contributed by atoms with Crippen LogP contribution >= 0.6 is 11.6 Å². The first kappa shape index (κ1) is 15.4. The number of pyridine rings is 1. The standard InChI is InChI=1S/C19H13ClN4O/c20-16-9-2-1-8-15(16)19(25)21-14-7-5-6-13(12-14)18-23-22-17-10-3-4-11-24(17)18/h1-12H,(H,21,25). The number of carbonyl (C=O) groups is 1. The molecule has 0 saturated carbocycles.